The summed E-state index contributed by atoms with van der Waals surface area (Å²) in [6.45, 7) is 2.03. The molecule has 146 valence electrons. The minimum Gasteiger partial charge on any atom is -0.496 e. The Balaban J connectivity index is 1.58. The third-order valence-corrected chi connectivity index (χ3v) is 5.53. The number of fused-ring (bicyclic) bond motifs is 1. The third kappa shape index (κ3) is 2.93. The van der Waals surface area contributed by atoms with Crippen molar-refractivity contribution in [3.05, 3.63) is 80.4 Å². The lowest BCUT2D eigenvalue weighted by Gasteiger charge is -2.09. The average Bonchev–Trinajstić information content (AvgIpc) is 3.36. The zero-order valence-corrected chi connectivity index (χ0v) is 16.0. The molecule has 0 amide bonds. The Morgan fingerprint density at radius 1 is 1.21 bits per heavy atom. The first-order chi connectivity index (χ1) is 14.0. The van der Waals surface area contributed by atoms with Gasteiger partial charge in [-0.2, -0.15) is 5.10 Å². The molecule has 0 saturated heterocycles. The van der Waals surface area contributed by atoms with E-state index in [1.807, 2.05) is 13.0 Å². The second-order valence-electron chi connectivity index (χ2n) is 7.34. The van der Waals surface area contributed by atoms with Crippen LogP contribution in [-0.4, -0.2) is 31.7 Å². The van der Waals surface area contributed by atoms with Crippen molar-refractivity contribution < 1.29 is 4.74 Å². The van der Waals surface area contributed by atoms with Gasteiger partial charge in [-0.25, -0.2) is 14.3 Å². The molecule has 1 saturated carbocycles. The quantitative estimate of drug-likeness (QED) is 0.557. The zero-order chi connectivity index (χ0) is 20.1. The van der Waals surface area contributed by atoms with Gasteiger partial charge in [0.25, 0.3) is 5.56 Å². The summed E-state index contributed by atoms with van der Waals surface area (Å²) >= 11 is 0. The van der Waals surface area contributed by atoms with Crippen LogP contribution in [0.2, 0.25) is 0 Å². The fraction of sp³-hybridized carbons (Fsp3) is 0.238. The van der Waals surface area contributed by atoms with Gasteiger partial charge in [0.2, 0.25) is 0 Å². The van der Waals surface area contributed by atoms with Gasteiger partial charge in [-0.05, 0) is 48.4 Å². The maximum absolute atomic E-state index is 12.2. The van der Waals surface area contributed by atoms with Crippen LogP contribution in [0.1, 0.15) is 34.9 Å². The second-order valence-corrected chi connectivity index (χ2v) is 7.34. The maximum atomic E-state index is 12.2. The Bertz CT molecular complexity index is 1350. The summed E-state index contributed by atoms with van der Waals surface area (Å²) in [6.07, 6.45) is 5.83. The third-order valence-electron chi connectivity index (χ3n) is 5.53. The van der Waals surface area contributed by atoms with Crippen molar-refractivity contribution in [1.82, 2.24) is 24.6 Å². The van der Waals surface area contributed by atoms with Gasteiger partial charge in [0.05, 0.1) is 18.4 Å². The molecule has 4 aromatic rings. The molecule has 1 aromatic carbocycles. The highest BCUT2D eigenvalue weighted by molar-refractivity contribution is 5.63. The molecule has 29 heavy (non-hydrogen) atoms. The van der Waals surface area contributed by atoms with Gasteiger partial charge >= 0.3 is 5.69 Å². The highest BCUT2D eigenvalue weighted by atomic mass is 16.5. The lowest BCUT2D eigenvalue weighted by Crippen LogP contribution is -2.23. The van der Waals surface area contributed by atoms with E-state index < -0.39 is 11.2 Å². The van der Waals surface area contributed by atoms with Crippen molar-refractivity contribution >= 4 is 5.65 Å². The monoisotopic (exact) mass is 389 g/mol. The van der Waals surface area contributed by atoms with Crippen LogP contribution in [0.3, 0.4) is 0 Å². The van der Waals surface area contributed by atoms with Crippen molar-refractivity contribution in [2.45, 2.75) is 25.2 Å². The molecule has 0 aliphatic heterocycles. The molecule has 1 aliphatic rings. The van der Waals surface area contributed by atoms with E-state index in [0.717, 1.165) is 28.9 Å². The summed E-state index contributed by atoms with van der Waals surface area (Å²) in [5, 5.41) is 4.50. The van der Waals surface area contributed by atoms with Crippen LogP contribution in [-0.2, 0) is 0 Å². The summed E-state index contributed by atoms with van der Waals surface area (Å²) in [6, 6.07) is 8.21. The topological polar surface area (TPSA) is 105 Å². The van der Waals surface area contributed by atoms with Gasteiger partial charge in [0, 0.05) is 24.2 Å². The number of aromatic nitrogens is 5. The van der Waals surface area contributed by atoms with E-state index in [4.69, 9.17) is 4.74 Å². The number of aromatic amines is 2. The molecule has 3 aromatic heterocycles. The van der Waals surface area contributed by atoms with E-state index in [0.29, 0.717) is 17.2 Å². The number of benzene rings is 1. The van der Waals surface area contributed by atoms with Gasteiger partial charge < -0.3 is 9.72 Å². The maximum Gasteiger partial charge on any atom is 0.325 e. The Morgan fingerprint density at radius 3 is 2.86 bits per heavy atom. The molecule has 8 heteroatoms. The van der Waals surface area contributed by atoms with Crippen molar-refractivity contribution in [2.24, 2.45) is 0 Å². The fourth-order valence-electron chi connectivity index (χ4n) is 3.92. The summed E-state index contributed by atoms with van der Waals surface area (Å²) in [5.41, 5.74) is 3.94. The Labute approximate surface area is 165 Å². The van der Waals surface area contributed by atoms with Gasteiger partial charge in [-0.1, -0.05) is 12.1 Å². The molecule has 1 aliphatic carbocycles. The number of H-pyrrole nitrogens is 2. The molecular weight excluding hydrogens is 370 g/mol. The molecule has 0 radical (unpaired) electrons. The molecule has 1 unspecified atom stereocenters. The van der Waals surface area contributed by atoms with Crippen molar-refractivity contribution in [1.29, 1.82) is 0 Å². The summed E-state index contributed by atoms with van der Waals surface area (Å²) in [4.78, 5) is 32.8. The van der Waals surface area contributed by atoms with Crippen molar-refractivity contribution in [3.8, 4) is 17.0 Å². The van der Waals surface area contributed by atoms with Gasteiger partial charge in [0.15, 0.2) is 5.65 Å². The van der Waals surface area contributed by atoms with Crippen LogP contribution in [0.4, 0.5) is 0 Å². The van der Waals surface area contributed by atoms with E-state index >= 15 is 0 Å². The number of nitrogens with one attached hydrogen (secondary N) is 2. The number of hydrogen-bond acceptors (Lipinski definition) is 5. The van der Waals surface area contributed by atoms with Crippen LogP contribution in [0.5, 0.6) is 5.75 Å². The van der Waals surface area contributed by atoms with E-state index in [9.17, 15) is 9.59 Å². The number of imidazole rings is 1. The highest BCUT2D eigenvalue weighted by Gasteiger charge is 2.41. The van der Waals surface area contributed by atoms with Gasteiger partial charge in [-0.3, -0.25) is 9.78 Å². The van der Waals surface area contributed by atoms with Crippen LogP contribution in [0, 0.1) is 6.92 Å². The second kappa shape index (κ2) is 6.44. The van der Waals surface area contributed by atoms with Crippen molar-refractivity contribution in [3.63, 3.8) is 0 Å². The molecule has 0 bridgehead atoms. The normalized spacial score (nSPS) is 18.1. The SMILES string of the molecule is COc1cc([C@H]2CC2c2cc(-c3c[nH]c(=O)[nH]c3=O)nn3ccnc23)ccc1C. The molecule has 5 rings (SSSR count). The van der Waals surface area contributed by atoms with Crippen LogP contribution in [0.15, 0.2) is 52.4 Å². The number of nitrogens with zero attached hydrogens (tertiary/aromatic N) is 3. The van der Waals surface area contributed by atoms with E-state index in [2.05, 4.69) is 38.2 Å². The van der Waals surface area contributed by atoms with Gasteiger partial charge in [-0.15, -0.1) is 0 Å². The Kier molecular flexibility index (Phi) is 3.87. The molecule has 8 nitrogen and oxygen atoms in total. The standard InChI is InChI=1S/C21H19N5O3/c1-11-3-4-12(7-18(11)29-2)13-8-14(13)15-9-17(25-26-6-5-22-19(15)26)16-10-23-21(28)24-20(16)27/h3-7,9-10,13-14H,8H2,1-2H3,(H2,23,24,27,28)/t13-,14?/m1/s1. The van der Waals surface area contributed by atoms with E-state index in [-0.39, 0.29) is 5.92 Å². The number of hydrogen-bond donors (Lipinski definition) is 2. The van der Waals surface area contributed by atoms with E-state index in [1.165, 1.54) is 11.8 Å². The lowest BCUT2D eigenvalue weighted by molar-refractivity contribution is 0.411. The number of aryl methyl sites for hydroxylation is 1. The molecular formula is C21H19N5O3. The number of methoxy groups -OCH3 is 1. The van der Waals surface area contributed by atoms with Crippen molar-refractivity contribution in [2.75, 3.05) is 7.11 Å². The lowest BCUT2D eigenvalue weighted by atomic mass is 10.0. The van der Waals surface area contributed by atoms with Gasteiger partial charge in [0.1, 0.15) is 5.75 Å². The van der Waals surface area contributed by atoms with Crippen LogP contribution in [0.25, 0.3) is 16.9 Å². The van der Waals surface area contributed by atoms with E-state index in [1.54, 1.807) is 24.0 Å². The Morgan fingerprint density at radius 2 is 2.07 bits per heavy atom. The predicted octanol–water partition coefficient (Wildman–Crippen LogP) is 2.36. The molecule has 3 heterocycles. The average molecular weight is 389 g/mol. The first kappa shape index (κ1) is 17.4. The summed E-state index contributed by atoms with van der Waals surface area (Å²) < 4.78 is 7.15. The number of rotatable bonds is 4. The predicted molar refractivity (Wildman–Crippen MR) is 107 cm³/mol. The number of ether oxygens (including phenoxy) is 1. The zero-order valence-electron chi connectivity index (χ0n) is 16.0. The minimum absolute atomic E-state index is 0.274. The highest BCUT2D eigenvalue weighted by Crippen LogP contribution is 2.56. The largest absolute Gasteiger partial charge is 0.496 e. The molecule has 2 N–H and O–H groups in total. The fourth-order valence-corrected chi connectivity index (χ4v) is 3.92. The smallest absolute Gasteiger partial charge is 0.325 e. The molecule has 0 spiro atoms. The summed E-state index contributed by atoms with van der Waals surface area (Å²) in [5.74, 6) is 1.51. The summed E-state index contributed by atoms with van der Waals surface area (Å²) in [7, 11) is 1.68. The Hall–Kier alpha value is -3.68. The first-order valence-corrected chi connectivity index (χ1v) is 9.36. The molecule has 2 atom stereocenters. The minimum atomic E-state index is -0.543. The van der Waals surface area contributed by atoms with Crippen LogP contribution < -0.4 is 16.0 Å². The molecule has 1 fully saturated rings. The first-order valence-electron chi connectivity index (χ1n) is 9.36. The van der Waals surface area contributed by atoms with Crippen LogP contribution >= 0.6 is 0 Å².